The number of pyridine rings is 1. The number of H-pyrrole nitrogens is 1. The molecule has 0 saturated heterocycles. The fraction of sp³-hybridized carbons (Fsp3) is 0.500. The number of aryl methyl sites for hydroxylation is 2. The van der Waals surface area contributed by atoms with E-state index in [0.717, 1.165) is 55.6 Å². The van der Waals surface area contributed by atoms with Gasteiger partial charge in [0, 0.05) is 30.4 Å². The molecule has 1 N–H and O–H groups in total. The number of aromatic amines is 1. The van der Waals surface area contributed by atoms with E-state index in [1.807, 2.05) is 9.58 Å². The summed E-state index contributed by atoms with van der Waals surface area (Å²) >= 11 is 0. The van der Waals surface area contributed by atoms with Gasteiger partial charge in [0.15, 0.2) is 0 Å². The molecule has 0 unspecified atom stereocenters. The zero-order chi connectivity index (χ0) is 15.8. The predicted molar refractivity (Wildman–Crippen MR) is 83.1 cm³/mol. The Labute approximate surface area is 133 Å². The lowest BCUT2D eigenvalue weighted by atomic mass is 9.91. The highest BCUT2D eigenvalue weighted by Crippen LogP contribution is 2.23. The topological polar surface area (TPSA) is 83.9 Å². The fourth-order valence-electron chi connectivity index (χ4n) is 3.55. The third kappa shape index (κ3) is 2.56. The minimum atomic E-state index is -0.185. The van der Waals surface area contributed by atoms with E-state index in [0.29, 0.717) is 18.7 Å². The number of nitrogens with zero attached hydrogens (tertiary/aromatic N) is 4. The van der Waals surface area contributed by atoms with Crippen molar-refractivity contribution in [3.05, 3.63) is 45.1 Å². The second-order valence-electron chi connectivity index (χ2n) is 6.24. The summed E-state index contributed by atoms with van der Waals surface area (Å²) in [4.78, 5) is 29.7. The Hall–Kier alpha value is -2.44. The van der Waals surface area contributed by atoms with E-state index < -0.39 is 0 Å². The molecule has 0 saturated carbocycles. The normalized spacial score (nSPS) is 17.3. The molecule has 0 fully saturated rings. The molecular weight excluding hydrogens is 294 g/mol. The maximum absolute atomic E-state index is 13.0. The molecule has 23 heavy (non-hydrogen) atoms. The zero-order valence-electron chi connectivity index (χ0n) is 12.9. The first-order valence-corrected chi connectivity index (χ1v) is 8.14. The molecule has 0 bridgehead atoms. The first-order valence-electron chi connectivity index (χ1n) is 8.14. The van der Waals surface area contributed by atoms with Gasteiger partial charge in [-0.3, -0.25) is 9.59 Å². The number of nitrogens with one attached hydrogen (secondary N) is 1. The van der Waals surface area contributed by atoms with Gasteiger partial charge in [-0.15, -0.1) is 5.10 Å². The van der Waals surface area contributed by atoms with Gasteiger partial charge in [0.25, 0.3) is 5.91 Å². The monoisotopic (exact) mass is 313 g/mol. The summed E-state index contributed by atoms with van der Waals surface area (Å²) in [6.07, 6.45) is 6.39. The van der Waals surface area contributed by atoms with Crippen LogP contribution in [0.1, 0.15) is 46.6 Å². The van der Waals surface area contributed by atoms with Gasteiger partial charge in [0.05, 0.1) is 18.4 Å². The highest BCUT2D eigenvalue weighted by molar-refractivity contribution is 5.95. The highest BCUT2D eigenvalue weighted by Gasteiger charge is 2.25. The number of hydrogen-bond acceptors (Lipinski definition) is 4. The average molecular weight is 313 g/mol. The number of carbonyl (C=O) groups is 1. The van der Waals surface area contributed by atoms with Crippen molar-refractivity contribution >= 4 is 5.91 Å². The van der Waals surface area contributed by atoms with Gasteiger partial charge < -0.3 is 9.88 Å². The molecule has 2 aromatic heterocycles. The Bertz CT molecular complexity index is 807. The number of rotatable bonds is 1. The molecule has 1 aliphatic heterocycles. The van der Waals surface area contributed by atoms with Gasteiger partial charge >= 0.3 is 0 Å². The lowest BCUT2D eigenvalue weighted by Gasteiger charge is -2.24. The van der Waals surface area contributed by atoms with Gasteiger partial charge in [0.1, 0.15) is 0 Å². The zero-order valence-corrected chi connectivity index (χ0v) is 12.9. The van der Waals surface area contributed by atoms with E-state index in [1.54, 1.807) is 6.20 Å². The van der Waals surface area contributed by atoms with E-state index in [1.165, 1.54) is 6.07 Å². The van der Waals surface area contributed by atoms with Crippen LogP contribution in [-0.2, 0) is 25.9 Å². The third-order valence-electron chi connectivity index (χ3n) is 4.71. The van der Waals surface area contributed by atoms with Crippen LogP contribution in [0.2, 0.25) is 0 Å². The molecule has 120 valence electrons. The van der Waals surface area contributed by atoms with Crippen LogP contribution in [-0.4, -0.2) is 37.3 Å². The number of amides is 1. The van der Waals surface area contributed by atoms with Crippen LogP contribution in [0.4, 0.5) is 0 Å². The van der Waals surface area contributed by atoms with Crippen molar-refractivity contribution in [3.63, 3.8) is 0 Å². The standard InChI is InChI=1S/C16H19N5O2/c22-15-8-13(12-4-1-2-5-14(12)18-15)16(23)20-6-3-7-21-11(10-20)9-17-19-21/h8-9H,1-7,10H2,(H,18,22). The summed E-state index contributed by atoms with van der Waals surface area (Å²) in [6.45, 7) is 1.93. The Kier molecular flexibility index (Phi) is 3.48. The summed E-state index contributed by atoms with van der Waals surface area (Å²) in [5.74, 6) is -0.0519. The molecular formula is C16H19N5O2. The van der Waals surface area contributed by atoms with Gasteiger partial charge in [-0.2, -0.15) is 0 Å². The molecule has 3 heterocycles. The largest absolute Gasteiger partial charge is 0.333 e. The summed E-state index contributed by atoms with van der Waals surface area (Å²) in [7, 11) is 0. The summed E-state index contributed by atoms with van der Waals surface area (Å²) in [5, 5.41) is 7.96. The maximum atomic E-state index is 13.0. The quantitative estimate of drug-likeness (QED) is 0.847. The molecule has 0 spiro atoms. The van der Waals surface area contributed by atoms with E-state index in [2.05, 4.69) is 15.3 Å². The van der Waals surface area contributed by atoms with Crippen LogP contribution in [0.15, 0.2) is 17.1 Å². The van der Waals surface area contributed by atoms with Gasteiger partial charge in [-0.25, -0.2) is 4.68 Å². The van der Waals surface area contributed by atoms with Crippen molar-refractivity contribution in [1.29, 1.82) is 0 Å². The van der Waals surface area contributed by atoms with Crippen molar-refractivity contribution in [2.45, 2.75) is 45.2 Å². The third-order valence-corrected chi connectivity index (χ3v) is 4.71. The van der Waals surface area contributed by atoms with E-state index in [-0.39, 0.29) is 11.5 Å². The molecule has 7 nitrogen and oxygen atoms in total. The van der Waals surface area contributed by atoms with Gasteiger partial charge in [-0.1, -0.05) is 5.21 Å². The van der Waals surface area contributed by atoms with Crippen LogP contribution in [0, 0.1) is 0 Å². The SMILES string of the molecule is O=C(c1cc(=O)[nH]c2c1CCCC2)N1CCCn2nncc2C1. The van der Waals surface area contributed by atoms with Gasteiger partial charge in [-0.05, 0) is 37.7 Å². The molecule has 1 aliphatic carbocycles. The molecule has 1 amide bonds. The first-order chi connectivity index (χ1) is 11.2. The lowest BCUT2D eigenvalue weighted by Crippen LogP contribution is -2.33. The van der Waals surface area contributed by atoms with Crippen LogP contribution in [0.3, 0.4) is 0 Å². The lowest BCUT2D eigenvalue weighted by molar-refractivity contribution is 0.0744. The fourth-order valence-corrected chi connectivity index (χ4v) is 3.55. The second-order valence-corrected chi connectivity index (χ2v) is 6.24. The molecule has 2 aromatic rings. The second kappa shape index (κ2) is 5.64. The van der Waals surface area contributed by atoms with Gasteiger partial charge in [0.2, 0.25) is 5.56 Å². The van der Waals surface area contributed by atoms with E-state index in [4.69, 9.17) is 0 Å². The highest BCUT2D eigenvalue weighted by atomic mass is 16.2. The first kappa shape index (κ1) is 14.2. The Morgan fingerprint density at radius 1 is 1.17 bits per heavy atom. The van der Waals surface area contributed by atoms with Crippen molar-refractivity contribution in [2.24, 2.45) is 0 Å². The van der Waals surface area contributed by atoms with Crippen molar-refractivity contribution in [2.75, 3.05) is 6.54 Å². The number of fused-ring (bicyclic) bond motifs is 2. The summed E-state index contributed by atoms with van der Waals surface area (Å²) in [5.41, 5.74) is 3.29. The minimum Gasteiger partial charge on any atom is -0.333 e. The molecule has 0 aromatic carbocycles. The minimum absolute atomic E-state index is 0.0519. The Morgan fingerprint density at radius 2 is 2.04 bits per heavy atom. The molecule has 2 aliphatic rings. The number of carbonyl (C=O) groups excluding carboxylic acids is 1. The van der Waals surface area contributed by atoms with Crippen LogP contribution in [0.5, 0.6) is 0 Å². The summed E-state index contributed by atoms with van der Waals surface area (Å²) in [6, 6.07) is 1.47. The van der Waals surface area contributed by atoms with Crippen LogP contribution >= 0.6 is 0 Å². The number of hydrogen-bond donors (Lipinski definition) is 1. The molecule has 7 heteroatoms. The molecule has 0 atom stereocenters. The maximum Gasteiger partial charge on any atom is 0.254 e. The van der Waals surface area contributed by atoms with E-state index >= 15 is 0 Å². The van der Waals surface area contributed by atoms with Crippen LogP contribution in [0.25, 0.3) is 0 Å². The average Bonchev–Trinajstić information content (AvgIpc) is 2.90. The Morgan fingerprint density at radius 3 is 2.96 bits per heavy atom. The number of aromatic nitrogens is 4. The van der Waals surface area contributed by atoms with Crippen LogP contribution < -0.4 is 5.56 Å². The van der Waals surface area contributed by atoms with Crippen molar-refractivity contribution in [1.82, 2.24) is 24.9 Å². The molecule has 4 rings (SSSR count). The van der Waals surface area contributed by atoms with Crippen molar-refractivity contribution in [3.8, 4) is 0 Å². The Balaban J connectivity index is 1.69. The predicted octanol–water partition coefficient (Wildman–Crippen LogP) is 0.891. The van der Waals surface area contributed by atoms with E-state index in [9.17, 15) is 9.59 Å². The molecule has 0 radical (unpaired) electrons. The van der Waals surface area contributed by atoms with Crippen molar-refractivity contribution < 1.29 is 4.79 Å². The summed E-state index contributed by atoms with van der Waals surface area (Å²) < 4.78 is 1.85. The smallest absolute Gasteiger partial charge is 0.254 e.